The van der Waals surface area contributed by atoms with Crippen LogP contribution < -0.4 is 0 Å². The highest BCUT2D eigenvalue weighted by Crippen LogP contribution is 2.36. The normalized spacial score (nSPS) is 17.1. The van der Waals surface area contributed by atoms with Gasteiger partial charge < -0.3 is 9.64 Å². The molecule has 1 heterocycles. The van der Waals surface area contributed by atoms with E-state index in [0.717, 1.165) is 35.3 Å². The lowest BCUT2D eigenvalue weighted by Crippen LogP contribution is -2.18. The molecule has 0 saturated heterocycles. The van der Waals surface area contributed by atoms with E-state index < -0.39 is 0 Å². The van der Waals surface area contributed by atoms with E-state index in [0.29, 0.717) is 6.61 Å². The number of aryl methyl sites for hydroxylation is 1. The predicted molar refractivity (Wildman–Crippen MR) is 95.5 cm³/mol. The highest BCUT2D eigenvalue weighted by molar-refractivity contribution is 5.64. The zero-order chi connectivity index (χ0) is 17.1. The van der Waals surface area contributed by atoms with Crippen LogP contribution in [0.2, 0.25) is 0 Å². The molecule has 0 N–H and O–H groups in total. The molecule has 0 radical (unpaired) electrons. The summed E-state index contributed by atoms with van der Waals surface area (Å²) in [6, 6.07) is 10.9. The van der Waals surface area contributed by atoms with Gasteiger partial charge in [0.25, 0.3) is 0 Å². The molecule has 1 aliphatic rings. The molecule has 0 spiro atoms. The van der Waals surface area contributed by atoms with Gasteiger partial charge in [0, 0.05) is 13.6 Å². The number of halogens is 1. The third-order valence-corrected chi connectivity index (χ3v) is 4.46. The minimum atomic E-state index is -0.226. The maximum Gasteiger partial charge on any atom is 0.123 e. The SMILES string of the molecule is CCN(C)C=Nc1cc2c(cc1C)C(c1ccc(F)cc1)OCC2. The molecule has 1 aliphatic heterocycles. The number of aliphatic imine (C=N–C) groups is 1. The third-order valence-electron chi connectivity index (χ3n) is 4.46. The molecular formula is C20H23FN2O. The van der Waals surface area contributed by atoms with Crippen molar-refractivity contribution in [2.24, 2.45) is 4.99 Å². The van der Waals surface area contributed by atoms with Gasteiger partial charge in [-0.15, -0.1) is 0 Å². The molecule has 24 heavy (non-hydrogen) atoms. The quantitative estimate of drug-likeness (QED) is 0.614. The van der Waals surface area contributed by atoms with Gasteiger partial charge in [-0.3, -0.25) is 0 Å². The topological polar surface area (TPSA) is 24.8 Å². The average Bonchev–Trinajstić information content (AvgIpc) is 2.60. The Labute approximate surface area is 142 Å². The van der Waals surface area contributed by atoms with Gasteiger partial charge in [0.2, 0.25) is 0 Å². The van der Waals surface area contributed by atoms with Crippen LogP contribution >= 0.6 is 0 Å². The van der Waals surface area contributed by atoms with Crippen LogP contribution in [0, 0.1) is 12.7 Å². The van der Waals surface area contributed by atoms with Crippen LogP contribution in [-0.2, 0) is 11.2 Å². The van der Waals surface area contributed by atoms with Crippen molar-refractivity contribution in [3.63, 3.8) is 0 Å². The summed E-state index contributed by atoms with van der Waals surface area (Å²) in [5, 5.41) is 0. The van der Waals surface area contributed by atoms with Crippen LogP contribution in [0.4, 0.5) is 10.1 Å². The van der Waals surface area contributed by atoms with Crippen molar-refractivity contribution in [3.05, 3.63) is 64.5 Å². The minimum absolute atomic E-state index is 0.135. The molecule has 0 aliphatic carbocycles. The Hall–Kier alpha value is -2.20. The van der Waals surface area contributed by atoms with Gasteiger partial charge in [-0.25, -0.2) is 9.38 Å². The first kappa shape index (κ1) is 16.7. The second-order valence-corrected chi connectivity index (χ2v) is 6.21. The second-order valence-electron chi connectivity index (χ2n) is 6.21. The Balaban J connectivity index is 1.95. The van der Waals surface area contributed by atoms with E-state index in [-0.39, 0.29) is 11.9 Å². The smallest absolute Gasteiger partial charge is 0.123 e. The molecule has 2 aromatic rings. The van der Waals surface area contributed by atoms with E-state index in [2.05, 4.69) is 31.0 Å². The van der Waals surface area contributed by atoms with Gasteiger partial charge in [-0.1, -0.05) is 18.2 Å². The van der Waals surface area contributed by atoms with Crippen LogP contribution in [0.5, 0.6) is 0 Å². The van der Waals surface area contributed by atoms with Crippen molar-refractivity contribution < 1.29 is 9.13 Å². The fourth-order valence-corrected chi connectivity index (χ4v) is 2.89. The van der Waals surface area contributed by atoms with Crippen LogP contribution in [0.15, 0.2) is 41.4 Å². The molecule has 2 aromatic carbocycles. The highest BCUT2D eigenvalue weighted by Gasteiger charge is 2.23. The van der Waals surface area contributed by atoms with E-state index in [1.807, 2.05) is 18.3 Å². The van der Waals surface area contributed by atoms with E-state index in [4.69, 9.17) is 4.74 Å². The van der Waals surface area contributed by atoms with E-state index >= 15 is 0 Å². The summed E-state index contributed by atoms with van der Waals surface area (Å²) >= 11 is 0. The standard InChI is InChI=1S/C20H23FN2O/c1-4-23(3)13-22-19-12-16-9-10-24-20(18(16)11-14(19)2)15-5-7-17(21)8-6-15/h5-8,11-13,20H,4,9-10H2,1-3H3. The molecule has 3 rings (SSSR count). The zero-order valence-electron chi connectivity index (χ0n) is 14.4. The monoisotopic (exact) mass is 326 g/mol. The van der Waals surface area contributed by atoms with E-state index in [9.17, 15) is 4.39 Å². The summed E-state index contributed by atoms with van der Waals surface area (Å²) in [5.74, 6) is -0.226. The molecule has 4 heteroatoms. The summed E-state index contributed by atoms with van der Waals surface area (Å²) in [7, 11) is 2.01. The second kappa shape index (κ2) is 7.14. The lowest BCUT2D eigenvalue weighted by atomic mass is 9.91. The van der Waals surface area contributed by atoms with Gasteiger partial charge >= 0.3 is 0 Å². The number of ether oxygens (including phenoxy) is 1. The number of hydrogen-bond acceptors (Lipinski definition) is 2. The summed E-state index contributed by atoms with van der Waals surface area (Å²) in [6.07, 6.45) is 2.61. The van der Waals surface area contributed by atoms with Crippen LogP contribution in [-0.4, -0.2) is 31.4 Å². The van der Waals surface area contributed by atoms with Crippen molar-refractivity contribution in [3.8, 4) is 0 Å². The molecular weight excluding hydrogens is 303 g/mol. The van der Waals surface area contributed by atoms with Gasteiger partial charge in [0.1, 0.15) is 11.9 Å². The van der Waals surface area contributed by atoms with Gasteiger partial charge in [0.05, 0.1) is 18.6 Å². The first-order valence-electron chi connectivity index (χ1n) is 8.33. The number of benzene rings is 2. The Kier molecular flexibility index (Phi) is 4.95. The van der Waals surface area contributed by atoms with Gasteiger partial charge in [-0.05, 0) is 60.7 Å². The van der Waals surface area contributed by atoms with E-state index in [1.165, 1.54) is 17.7 Å². The van der Waals surface area contributed by atoms with Gasteiger partial charge in [-0.2, -0.15) is 0 Å². The molecule has 0 fully saturated rings. The Bertz CT molecular complexity index is 740. The molecule has 126 valence electrons. The summed E-state index contributed by atoms with van der Waals surface area (Å²) in [4.78, 5) is 6.65. The van der Waals surface area contributed by atoms with Crippen molar-refractivity contribution in [2.45, 2.75) is 26.4 Å². The Morgan fingerprint density at radius 3 is 2.75 bits per heavy atom. The number of nitrogens with zero attached hydrogens (tertiary/aromatic N) is 2. The fraction of sp³-hybridized carbons (Fsp3) is 0.350. The minimum Gasteiger partial charge on any atom is -0.368 e. The largest absolute Gasteiger partial charge is 0.368 e. The Morgan fingerprint density at radius 1 is 1.29 bits per heavy atom. The first-order chi connectivity index (χ1) is 11.6. The van der Waals surface area contributed by atoms with Crippen molar-refractivity contribution in [2.75, 3.05) is 20.2 Å². The number of rotatable bonds is 4. The molecule has 3 nitrogen and oxygen atoms in total. The first-order valence-corrected chi connectivity index (χ1v) is 8.33. The maximum absolute atomic E-state index is 13.2. The third kappa shape index (κ3) is 3.49. The van der Waals surface area contributed by atoms with Crippen LogP contribution in [0.3, 0.4) is 0 Å². The lowest BCUT2D eigenvalue weighted by Gasteiger charge is -2.27. The molecule has 0 amide bonds. The van der Waals surface area contributed by atoms with Crippen molar-refractivity contribution >= 4 is 12.0 Å². The number of fused-ring (bicyclic) bond motifs is 1. The maximum atomic E-state index is 13.2. The Morgan fingerprint density at radius 2 is 2.04 bits per heavy atom. The summed E-state index contributed by atoms with van der Waals surface area (Å²) in [5.41, 5.74) is 5.51. The summed E-state index contributed by atoms with van der Waals surface area (Å²) < 4.78 is 19.2. The highest BCUT2D eigenvalue weighted by atomic mass is 19.1. The zero-order valence-corrected chi connectivity index (χ0v) is 14.4. The van der Waals surface area contributed by atoms with Crippen molar-refractivity contribution in [1.29, 1.82) is 0 Å². The summed E-state index contributed by atoms with van der Waals surface area (Å²) in [6.45, 7) is 5.75. The molecule has 0 aromatic heterocycles. The fourth-order valence-electron chi connectivity index (χ4n) is 2.89. The predicted octanol–water partition coefficient (Wildman–Crippen LogP) is 4.41. The molecule has 1 atom stereocenters. The molecule has 0 saturated carbocycles. The van der Waals surface area contributed by atoms with Crippen molar-refractivity contribution in [1.82, 2.24) is 4.90 Å². The number of hydrogen-bond donors (Lipinski definition) is 0. The van der Waals surface area contributed by atoms with Crippen LogP contribution in [0.25, 0.3) is 0 Å². The average molecular weight is 326 g/mol. The van der Waals surface area contributed by atoms with Gasteiger partial charge in [0.15, 0.2) is 0 Å². The van der Waals surface area contributed by atoms with E-state index in [1.54, 1.807) is 12.1 Å². The molecule has 1 unspecified atom stereocenters. The molecule has 0 bridgehead atoms. The van der Waals surface area contributed by atoms with Crippen LogP contribution in [0.1, 0.15) is 35.3 Å². The lowest BCUT2D eigenvalue weighted by molar-refractivity contribution is 0.0698.